The third-order valence-corrected chi connectivity index (χ3v) is 14.3. The lowest BCUT2D eigenvalue weighted by Crippen LogP contribution is -2.14. The average molecular weight is 990 g/mol. The predicted molar refractivity (Wildman–Crippen MR) is 320 cm³/mol. The lowest BCUT2D eigenvalue weighted by atomic mass is 9.78. The Kier molecular flexibility index (Phi) is 11.5. The smallest absolute Gasteiger partial charge is 0.137 e. The van der Waals surface area contributed by atoms with E-state index in [1.165, 1.54) is 27.8 Å². The Morgan fingerprint density at radius 1 is 0.467 bits per heavy atom. The highest BCUT2D eigenvalue weighted by Crippen LogP contribution is 2.46. The normalized spacial score (nSPS) is 13.4. The van der Waals surface area contributed by atoms with Crippen molar-refractivity contribution in [2.45, 2.75) is 112 Å². The van der Waals surface area contributed by atoms with E-state index >= 15 is 0 Å². The molecule has 378 valence electrons. The molecular formula is C70H72N4O. The quantitative estimate of drug-likeness (QED) is 0.143. The van der Waals surface area contributed by atoms with Crippen LogP contribution in [0, 0.1) is 6.85 Å². The van der Waals surface area contributed by atoms with Gasteiger partial charge in [0.05, 0.1) is 28.1 Å². The zero-order chi connectivity index (χ0) is 56.9. The van der Waals surface area contributed by atoms with Crippen LogP contribution in [0.3, 0.4) is 0 Å². The molecule has 2 heterocycles. The summed E-state index contributed by atoms with van der Waals surface area (Å²) < 4.78 is 51.2. The number of fused-ring (bicyclic) bond motifs is 3. The summed E-state index contributed by atoms with van der Waals surface area (Å²) in [5.74, 6) is 1.29. The highest BCUT2D eigenvalue weighted by molar-refractivity contribution is 6.09. The largest absolute Gasteiger partial charge is 0.457 e. The minimum absolute atomic E-state index is 0.0506. The predicted octanol–water partition coefficient (Wildman–Crippen LogP) is 20.0. The van der Waals surface area contributed by atoms with Gasteiger partial charge in [-0.05, 0) is 145 Å². The number of anilines is 4. The topological polar surface area (TPSA) is 51.1 Å². The van der Waals surface area contributed by atoms with Crippen LogP contribution in [0.15, 0.2) is 188 Å². The van der Waals surface area contributed by atoms with E-state index in [1.54, 1.807) is 24.4 Å². The molecule has 5 heteroatoms. The molecule has 0 aliphatic carbocycles. The molecule has 2 aromatic heterocycles. The van der Waals surface area contributed by atoms with E-state index < -0.39 is 12.3 Å². The highest BCUT2D eigenvalue weighted by Gasteiger charge is 2.26. The monoisotopic (exact) mass is 990 g/mol. The van der Waals surface area contributed by atoms with Gasteiger partial charge in [-0.1, -0.05) is 186 Å². The summed E-state index contributed by atoms with van der Waals surface area (Å²) in [6.07, 6.45) is 1.74. The van der Waals surface area contributed by atoms with E-state index in [9.17, 15) is 0 Å². The SMILES string of the molecule is [2H]CC(C)(C[2H])c1ccnc(-n2c3ccccc3c3ccc(Oc4cc(Nc5ccccc5Nc5c(-c6ccccc6)cc(C(C)(C)C)cc5-c5ccc(-c6ccc(C(C)(C)C)cc6)c(C(C)(C)C)c5)ccc4C([2H])([2H])[2H])cc32)c1. The number of nitrogens with one attached hydrogen (secondary N) is 2. The Bertz CT molecular complexity index is 3890. The van der Waals surface area contributed by atoms with Crippen LogP contribution in [0.5, 0.6) is 11.5 Å². The Morgan fingerprint density at radius 3 is 1.80 bits per heavy atom. The summed E-state index contributed by atoms with van der Waals surface area (Å²) in [5.41, 5.74) is 15.4. The van der Waals surface area contributed by atoms with Crippen molar-refractivity contribution in [1.29, 1.82) is 0 Å². The van der Waals surface area contributed by atoms with Gasteiger partial charge in [0, 0.05) is 52.8 Å². The van der Waals surface area contributed by atoms with Crippen molar-refractivity contribution < 1.29 is 11.6 Å². The summed E-state index contributed by atoms with van der Waals surface area (Å²) in [6, 6.07) is 62.3. The molecule has 0 aliphatic rings. The van der Waals surface area contributed by atoms with Gasteiger partial charge >= 0.3 is 0 Å². The highest BCUT2D eigenvalue weighted by atomic mass is 16.5. The number of aryl methyl sites for hydroxylation is 1. The molecule has 0 aliphatic heterocycles. The number of hydrogen-bond acceptors (Lipinski definition) is 4. The van der Waals surface area contributed by atoms with Crippen molar-refractivity contribution in [3.05, 3.63) is 216 Å². The molecule has 0 saturated carbocycles. The first kappa shape index (κ1) is 44.6. The number of para-hydroxylation sites is 3. The molecule has 10 aromatic rings. The van der Waals surface area contributed by atoms with Crippen LogP contribution >= 0.6 is 0 Å². The number of hydrogen-bond donors (Lipinski definition) is 2. The first-order valence-electron chi connectivity index (χ1n) is 28.9. The summed E-state index contributed by atoms with van der Waals surface area (Å²) in [7, 11) is 0. The van der Waals surface area contributed by atoms with Gasteiger partial charge in [-0.15, -0.1) is 0 Å². The van der Waals surface area contributed by atoms with Gasteiger partial charge in [-0.3, -0.25) is 4.57 Å². The fourth-order valence-electron chi connectivity index (χ4n) is 10.00. The molecule has 0 amide bonds. The maximum atomic E-state index is 8.63. The summed E-state index contributed by atoms with van der Waals surface area (Å²) in [6.45, 7) is 20.0. The molecule has 0 radical (unpaired) electrons. The fourth-order valence-corrected chi connectivity index (χ4v) is 10.00. The van der Waals surface area contributed by atoms with E-state index in [1.807, 2.05) is 73.7 Å². The van der Waals surface area contributed by atoms with E-state index in [4.69, 9.17) is 16.6 Å². The zero-order valence-corrected chi connectivity index (χ0v) is 45.1. The van der Waals surface area contributed by atoms with Crippen LogP contribution in [0.2, 0.25) is 0 Å². The maximum absolute atomic E-state index is 8.63. The minimum Gasteiger partial charge on any atom is -0.457 e. The number of ether oxygens (including phenoxy) is 1. The molecule has 10 rings (SSSR count). The third kappa shape index (κ3) is 10.5. The van der Waals surface area contributed by atoms with Gasteiger partial charge < -0.3 is 15.4 Å². The molecule has 0 saturated heterocycles. The van der Waals surface area contributed by atoms with Crippen molar-refractivity contribution in [3.8, 4) is 50.7 Å². The molecular weight excluding hydrogens is 913 g/mol. The van der Waals surface area contributed by atoms with Crippen molar-refractivity contribution in [3.63, 3.8) is 0 Å². The number of rotatable bonds is 10. The van der Waals surface area contributed by atoms with Crippen LogP contribution in [-0.2, 0) is 21.7 Å². The molecule has 0 fully saturated rings. The van der Waals surface area contributed by atoms with Gasteiger partial charge in [0.1, 0.15) is 17.3 Å². The number of aromatic nitrogens is 2. The van der Waals surface area contributed by atoms with Crippen LogP contribution in [0.1, 0.15) is 118 Å². The van der Waals surface area contributed by atoms with Crippen molar-refractivity contribution >= 4 is 44.6 Å². The lowest BCUT2D eigenvalue weighted by Gasteiger charge is -2.28. The molecule has 0 spiro atoms. The fraction of sp³-hybridized carbons (Fsp3) is 0.243. The van der Waals surface area contributed by atoms with Gasteiger partial charge in [-0.2, -0.15) is 0 Å². The number of benzene rings is 8. The summed E-state index contributed by atoms with van der Waals surface area (Å²) in [4.78, 5) is 4.81. The second kappa shape index (κ2) is 19.4. The zero-order valence-electron chi connectivity index (χ0n) is 50.1. The van der Waals surface area contributed by atoms with Gasteiger partial charge in [-0.25, -0.2) is 4.98 Å². The van der Waals surface area contributed by atoms with Crippen LogP contribution < -0.4 is 15.4 Å². The second-order valence-electron chi connectivity index (χ2n) is 23.5. The van der Waals surface area contributed by atoms with Crippen molar-refractivity contribution in [1.82, 2.24) is 9.55 Å². The third-order valence-electron chi connectivity index (χ3n) is 14.3. The Morgan fingerprint density at radius 2 is 1.11 bits per heavy atom. The standard InChI is InChI=1S/C70H72N4O/c1-45-27-33-52(43-64(45)75-53-34-36-56-55-23-17-20-26-62(55)74(63(56)44-53)65-42-50(37-38-71-65)68(5,6)7)72-60-24-18-19-25-61(60)73-66-57(46-21-15-14-16-22-46)40-51(69(8,9)10)41-58(66)48-30-35-54(59(39-48)70(11,12)13)47-28-31-49(32-29-47)67(2,3)4/h14-44,72-73H,1-13H3/i1D3,5D,6D. The summed E-state index contributed by atoms with van der Waals surface area (Å²) >= 11 is 0. The number of pyridine rings is 1. The Labute approximate surface area is 452 Å². The molecule has 8 aromatic carbocycles. The van der Waals surface area contributed by atoms with Crippen LogP contribution in [0.25, 0.3) is 61.0 Å². The van der Waals surface area contributed by atoms with Crippen molar-refractivity contribution in [2.24, 2.45) is 0 Å². The van der Waals surface area contributed by atoms with E-state index in [0.29, 0.717) is 17.3 Å². The van der Waals surface area contributed by atoms with Gasteiger partial charge in [0.25, 0.3) is 0 Å². The molecule has 2 N–H and O–H groups in total. The maximum Gasteiger partial charge on any atom is 0.137 e. The molecule has 5 nitrogen and oxygen atoms in total. The molecule has 0 atom stereocenters. The Balaban J connectivity index is 1.06. The Hall–Kier alpha value is -7.89. The van der Waals surface area contributed by atoms with E-state index in [0.717, 1.165) is 66.7 Å². The summed E-state index contributed by atoms with van der Waals surface area (Å²) in [5, 5.41) is 9.63. The van der Waals surface area contributed by atoms with Gasteiger partial charge in [0.2, 0.25) is 0 Å². The number of nitrogens with zero attached hydrogens (tertiary/aromatic N) is 2. The molecule has 0 bridgehead atoms. The molecule has 0 unspecified atom stereocenters. The van der Waals surface area contributed by atoms with Crippen molar-refractivity contribution in [2.75, 3.05) is 10.6 Å². The first-order chi connectivity index (χ1) is 37.9. The second-order valence-corrected chi connectivity index (χ2v) is 23.5. The lowest BCUT2D eigenvalue weighted by molar-refractivity contribution is 0.480. The average Bonchev–Trinajstić information content (AvgIpc) is 3.80. The molecule has 75 heavy (non-hydrogen) atoms. The van der Waals surface area contributed by atoms with Crippen LogP contribution in [0.4, 0.5) is 22.7 Å². The van der Waals surface area contributed by atoms with Gasteiger partial charge in [0.15, 0.2) is 0 Å². The first-order valence-corrected chi connectivity index (χ1v) is 26.0. The van der Waals surface area contributed by atoms with Crippen LogP contribution in [-0.4, -0.2) is 9.55 Å². The minimum atomic E-state index is -2.48. The van der Waals surface area contributed by atoms with E-state index in [2.05, 4.69) is 175 Å². The van der Waals surface area contributed by atoms with E-state index in [-0.39, 0.29) is 41.4 Å².